The maximum absolute atomic E-state index is 13.7. The number of rotatable bonds is 4. The number of benzene rings is 1. The number of hydrogen-bond acceptors (Lipinski definition) is 2. The zero-order valence-corrected chi connectivity index (χ0v) is 17.5. The maximum atomic E-state index is 13.7. The van der Waals surface area contributed by atoms with E-state index in [2.05, 4.69) is 15.9 Å². The SMILES string of the molecule is C[C@H](c1ccc(Br)cc1)[C@@H](C(=O)N1CCC(F)(F)C1)N(C(=O)O)C(C)(C)C. The zero-order valence-electron chi connectivity index (χ0n) is 15.9. The smallest absolute Gasteiger partial charge is 0.408 e. The Labute approximate surface area is 166 Å². The highest BCUT2D eigenvalue weighted by atomic mass is 79.9. The van der Waals surface area contributed by atoms with Crippen molar-refractivity contribution in [3.05, 3.63) is 34.3 Å². The highest BCUT2D eigenvalue weighted by Gasteiger charge is 2.47. The second-order valence-electron chi connectivity index (χ2n) is 7.97. The summed E-state index contributed by atoms with van der Waals surface area (Å²) in [6.45, 7) is 6.07. The maximum Gasteiger partial charge on any atom is 0.408 e. The number of amides is 2. The third-order valence-electron chi connectivity index (χ3n) is 4.81. The van der Waals surface area contributed by atoms with Gasteiger partial charge in [0, 0.05) is 28.9 Å². The van der Waals surface area contributed by atoms with E-state index < -0.39 is 48.4 Å². The molecule has 0 saturated carbocycles. The van der Waals surface area contributed by atoms with Gasteiger partial charge in [0.05, 0.1) is 6.54 Å². The average Bonchev–Trinajstić information content (AvgIpc) is 2.90. The monoisotopic (exact) mass is 446 g/mol. The molecule has 150 valence electrons. The first-order valence-corrected chi connectivity index (χ1v) is 9.57. The van der Waals surface area contributed by atoms with Gasteiger partial charge < -0.3 is 10.0 Å². The molecule has 1 aliphatic heterocycles. The van der Waals surface area contributed by atoms with Gasteiger partial charge in [-0.2, -0.15) is 0 Å². The Bertz CT molecular complexity index is 704. The first kappa shape index (κ1) is 21.6. The van der Waals surface area contributed by atoms with E-state index in [1.807, 2.05) is 0 Å². The quantitative estimate of drug-likeness (QED) is 0.736. The summed E-state index contributed by atoms with van der Waals surface area (Å²) in [4.78, 5) is 27.4. The molecule has 0 unspecified atom stereocenters. The van der Waals surface area contributed by atoms with Crippen LogP contribution in [0.3, 0.4) is 0 Å². The second kappa shape index (κ2) is 7.73. The number of hydrogen-bond donors (Lipinski definition) is 1. The van der Waals surface area contributed by atoms with E-state index in [0.717, 1.165) is 19.8 Å². The number of carbonyl (C=O) groups excluding carboxylic acids is 1. The Morgan fingerprint density at radius 3 is 2.22 bits per heavy atom. The predicted molar refractivity (Wildman–Crippen MR) is 102 cm³/mol. The van der Waals surface area contributed by atoms with Crippen LogP contribution in [0.2, 0.25) is 0 Å². The van der Waals surface area contributed by atoms with Crippen molar-refractivity contribution in [3.63, 3.8) is 0 Å². The number of carboxylic acid groups (broad SMARTS) is 1. The molecule has 0 bridgehead atoms. The van der Waals surface area contributed by atoms with E-state index in [4.69, 9.17) is 0 Å². The zero-order chi connectivity index (χ0) is 20.6. The van der Waals surface area contributed by atoms with E-state index in [1.54, 1.807) is 52.0 Å². The summed E-state index contributed by atoms with van der Waals surface area (Å²) in [6.07, 6.45) is -1.66. The lowest BCUT2D eigenvalue weighted by molar-refractivity contribution is -0.139. The third-order valence-corrected chi connectivity index (χ3v) is 5.34. The number of halogens is 3. The summed E-state index contributed by atoms with van der Waals surface area (Å²) < 4.78 is 28.2. The van der Waals surface area contributed by atoms with E-state index in [0.29, 0.717) is 0 Å². The molecule has 8 heteroatoms. The van der Waals surface area contributed by atoms with Crippen molar-refractivity contribution in [1.82, 2.24) is 9.80 Å². The molecule has 1 aromatic rings. The van der Waals surface area contributed by atoms with Crippen LogP contribution in [0.4, 0.5) is 13.6 Å². The molecule has 0 radical (unpaired) electrons. The normalized spacial score (nSPS) is 18.9. The summed E-state index contributed by atoms with van der Waals surface area (Å²) in [5.41, 5.74) is -0.115. The van der Waals surface area contributed by atoms with Crippen molar-refractivity contribution in [1.29, 1.82) is 0 Å². The van der Waals surface area contributed by atoms with E-state index in [9.17, 15) is 23.5 Å². The van der Waals surface area contributed by atoms with Crippen molar-refractivity contribution in [3.8, 4) is 0 Å². The standard InChI is InChI=1S/C19H25BrF2N2O3/c1-12(13-5-7-14(20)8-6-13)15(24(17(26)27)18(2,3)4)16(25)23-10-9-19(21,22)11-23/h5-8,12,15H,9-11H2,1-4H3,(H,26,27)/t12-,15+/m1/s1. The van der Waals surface area contributed by atoms with Crippen LogP contribution in [0.5, 0.6) is 0 Å². The van der Waals surface area contributed by atoms with Gasteiger partial charge in [-0.3, -0.25) is 9.69 Å². The molecular weight excluding hydrogens is 422 g/mol. The molecule has 2 atom stereocenters. The van der Waals surface area contributed by atoms with Crippen LogP contribution in [0.15, 0.2) is 28.7 Å². The summed E-state index contributed by atoms with van der Waals surface area (Å²) in [5, 5.41) is 9.81. The Morgan fingerprint density at radius 1 is 1.26 bits per heavy atom. The summed E-state index contributed by atoms with van der Waals surface area (Å²) in [5.74, 6) is -4.02. The van der Waals surface area contributed by atoms with Gasteiger partial charge in [0.25, 0.3) is 5.92 Å². The third kappa shape index (κ3) is 4.97. The average molecular weight is 447 g/mol. The van der Waals surface area contributed by atoms with E-state index in [1.165, 1.54) is 0 Å². The van der Waals surface area contributed by atoms with Gasteiger partial charge >= 0.3 is 6.09 Å². The molecule has 1 aromatic carbocycles. The fourth-order valence-corrected chi connectivity index (χ4v) is 3.70. The molecule has 0 spiro atoms. The number of alkyl halides is 2. The summed E-state index contributed by atoms with van der Waals surface area (Å²) >= 11 is 3.35. The largest absolute Gasteiger partial charge is 0.465 e. The van der Waals surface area contributed by atoms with E-state index >= 15 is 0 Å². The minimum atomic E-state index is -2.93. The Morgan fingerprint density at radius 2 is 1.81 bits per heavy atom. The fraction of sp³-hybridized carbons (Fsp3) is 0.579. The van der Waals surface area contributed by atoms with Gasteiger partial charge in [0.1, 0.15) is 6.04 Å². The van der Waals surface area contributed by atoms with Crippen LogP contribution >= 0.6 is 15.9 Å². The lowest BCUT2D eigenvalue weighted by Crippen LogP contribution is -2.59. The van der Waals surface area contributed by atoms with Crippen LogP contribution in [0.1, 0.15) is 45.6 Å². The second-order valence-corrected chi connectivity index (χ2v) is 8.89. The van der Waals surface area contributed by atoms with Crippen molar-refractivity contribution < 1.29 is 23.5 Å². The van der Waals surface area contributed by atoms with Gasteiger partial charge in [0.2, 0.25) is 5.91 Å². The molecule has 1 heterocycles. The number of nitrogens with zero attached hydrogens (tertiary/aromatic N) is 2. The van der Waals surface area contributed by atoms with Gasteiger partial charge in [-0.25, -0.2) is 13.6 Å². The topological polar surface area (TPSA) is 60.9 Å². The lowest BCUT2D eigenvalue weighted by Gasteiger charge is -2.42. The molecule has 1 N–H and O–H groups in total. The molecule has 0 aromatic heterocycles. The lowest BCUT2D eigenvalue weighted by atomic mass is 9.88. The molecular formula is C19H25BrF2N2O3. The number of likely N-dealkylation sites (tertiary alicyclic amines) is 1. The minimum absolute atomic E-state index is 0.0764. The first-order chi connectivity index (χ1) is 12.3. The molecule has 0 aliphatic carbocycles. The molecule has 1 saturated heterocycles. The predicted octanol–water partition coefficient (Wildman–Crippen LogP) is 4.57. The van der Waals surface area contributed by atoms with E-state index in [-0.39, 0.29) is 6.54 Å². The Hall–Kier alpha value is -1.70. The van der Waals surface area contributed by atoms with Crippen molar-refractivity contribution in [2.45, 2.75) is 57.5 Å². The first-order valence-electron chi connectivity index (χ1n) is 8.78. The van der Waals surface area contributed by atoms with Crippen LogP contribution in [0.25, 0.3) is 0 Å². The van der Waals surface area contributed by atoms with Crippen molar-refractivity contribution >= 4 is 27.9 Å². The molecule has 27 heavy (non-hydrogen) atoms. The van der Waals surface area contributed by atoms with Crippen LogP contribution in [-0.2, 0) is 4.79 Å². The summed E-state index contributed by atoms with van der Waals surface area (Å²) in [6, 6.07) is 6.11. The number of carbonyl (C=O) groups is 2. The molecule has 5 nitrogen and oxygen atoms in total. The van der Waals surface area contributed by atoms with Crippen molar-refractivity contribution in [2.24, 2.45) is 0 Å². The highest BCUT2D eigenvalue weighted by molar-refractivity contribution is 9.10. The molecule has 1 fully saturated rings. The van der Waals surface area contributed by atoms with Gasteiger partial charge in [-0.15, -0.1) is 0 Å². The highest BCUT2D eigenvalue weighted by Crippen LogP contribution is 2.34. The molecule has 2 rings (SSSR count). The Balaban J connectivity index is 2.45. The summed E-state index contributed by atoms with van der Waals surface area (Å²) in [7, 11) is 0. The van der Waals surface area contributed by atoms with Gasteiger partial charge in [-0.1, -0.05) is 35.0 Å². The van der Waals surface area contributed by atoms with Gasteiger partial charge in [0.15, 0.2) is 0 Å². The van der Waals surface area contributed by atoms with Crippen LogP contribution < -0.4 is 0 Å². The fourth-order valence-electron chi connectivity index (χ4n) is 3.43. The van der Waals surface area contributed by atoms with Crippen LogP contribution in [0, 0.1) is 0 Å². The molecule has 2 amide bonds. The van der Waals surface area contributed by atoms with Crippen LogP contribution in [-0.4, -0.2) is 57.5 Å². The minimum Gasteiger partial charge on any atom is -0.465 e. The van der Waals surface area contributed by atoms with Gasteiger partial charge in [-0.05, 0) is 38.5 Å². The Kier molecular flexibility index (Phi) is 6.19. The van der Waals surface area contributed by atoms with Crippen molar-refractivity contribution in [2.75, 3.05) is 13.1 Å². The molecule has 1 aliphatic rings.